The van der Waals surface area contributed by atoms with E-state index >= 15 is 0 Å². The fraction of sp³-hybridized carbons (Fsp3) is 0. The summed E-state index contributed by atoms with van der Waals surface area (Å²) < 4.78 is 0. The highest BCUT2D eigenvalue weighted by atomic mass is 35.5. The Morgan fingerprint density at radius 2 is 1.25 bits per heavy atom. The molecule has 118 valence electrons. The molecule has 0 aromatic heterocycles. The van der Waals surface area contributed by atoms with E-state index in [1.165, 1.54) is 0 Å². The maximum absolute atomic E-state index is 13.3. The third-order valence-electron chi connectivity index (χ3n) is 3.81. The van der Waals surface area contributed by atoms with Crippen molar-refractivity contribution in [2.75, 3.05) is 4.90 Å². The summed E-state index contributed by atoms with van der Waals surface area (Å²) in [6.45, 7) is 0. The Morgan fingerprint density at radius 1 is 0.750 bits per heavy atom. The topological polar surface area (TPSA) is 20.3 Å². The van der Waals surface area contributed by atoms with Crippen LogP contribution in [0, 0.1) is 0 Å². The van der Waals surface area contributed by atoms with Crippen LogP contribution in [0.2, 0.25) is 10.0 Å². The molecule has 1 heterocycles. The van der Waals surface area contributed by atoms with E-state index in [9.17, 15) is 4.79 Å². The van der Waals surface area contributed by atoms with E-state index in [-0.39, 0.29) is 5.91 Å². The van der Waals surface area contributed by atoms with E-state index in [1.807, 2.05) is 48.5 Å². The van der Waals surface area contributed by atoms with Crippen molar-refractivity contribution in [3.05, 3.63) is 82.3 Å². The van der Waals surface area contributed by atoms with Crippen LogP contribution in [0.25, 0.3) is 0 Å². The van der Waals surface area contributed by atoms with Crippen LogP contribution in [0.4, 0.5) is 11.4 Å². The molecule has 0 fully saturated rings. The molecule has 0 N–H and O–H groups in total. The Hall–Kier alpha value is -1.94. The second-order valence-electron chi connectivity index (χ2n) is 5.27. The predicted molar refractivity (Wildman–Crippen MR) is 99.9 cm³/mol. The summed E-state index contributed by atoms with van der Waals surface area (Å²) in [6, 6.07) is 20.7. The smallest absolute Gasteiger partial charge is 0.265 e. The predicted octanol–water partition coefficient (Wildman–Crippen LogP) is 6.44. The van der Waals surface area contributed by atoms with E-state index in [4.69, 9.17) is 23.2 Å². The van der Waals surface area contributed by atoms with E-state index in [0.717, 1.165) is 21.2 Å². The summed E-state index contributed by atoms with van der Waals surface area (Å²) in [5.41, 5.74) is 1.99. The van der Waals surface area contributed by atoms with Gasteiger partial charge in [0.15, 0.2) is 0 Å². The van der Waals surface area contributed by atoms with E-state index < -0.39 is 0 Å². The van der Waals surface area contributed by atoms with Crippen molar-refractivity contribution < 1.29 is 4.79 Å². The molecule has 3 aromatic carbocycles. The Morgan fingerprint density at radius 3 is 1.79 bits per heavy atom. The van der Waals surface area contributed by atoms with Gasteiger partial charge in [0.05, 0.1) is 27.0 Å². The van der Waals surface area contributed by atoms with E-state index in [0.29, 0.717) is 15.6 Å². The first-order valence-electron chi connectivity index (χ1n) is 7.31. The number of fused-ring (bicyclic) bond motifs is 2. The summed E-state index contributed by atoms with van der Waals surface area (Å²) >= 11 is 14.2. The standard InChI is InChI=1S/C19H11Cl2NOS/c20-12-6-5-7-13(21)18(12)19(23)22-14-8-1-3-10-16(14)24-17-11-4-2-9-15(17)22/h1-11H. The van der Waals surface area contributed by atoms with Crippen LogP contribution in [-0.4, -0.2) is 5.91 Å². The van der Waals surface area contributed by atoms with Gasteiger partial charge < -0.3 is 0 Å². The first-order valence-corrected chi connectivity index (χ1v) is 8.88. The van der Waals surface area contributed by atoms with E-state index in [2.05, 4.69) is 0 Å². The van der Waals surface area contributed by atoms with Crippen LogP contribution >= 0.6 is 35.0 Å². The zero-order valence-corrected chi connectivity index (χ0v) is 14.7. The molecular weight excluding hydrogens is 361 g/mol. The van der Waals surface area contributed by atoms with Gasteiger partial charge in [-0.15, -0.1) is 0 Å². The molecule has 0 atom stereocenters. The van der Waals surface area contributed by atoms with Crippen molar-refractivity contribution in [3.63, 3.8) is 0 Å². The quantitative estimate of drug-likeness (QED) is 0.490. The fourth-order valence-corrected chi connectivity index (χ4v) is 4.35. The van der Waals surface area contributed by atoms with Crippen molar-refractivity contribution in [2.24, 2.45) is 0 Å². The molecule has 3 aromatic rings. The SMILES string of the molecule is O=C(c1c(Cl)cccc1Cl)N1c2ccccc2Sc2ccccc21. The van der Waals surface area contributed by atoms with Crippen molar-refractivity contribution in [1.82, 2.24) is 0 Å². The number of amides is 1. The van der Waals surface area contributed by atoms with Gasteiger partial charge in [-0.2, -0.15) is 0 Å². The molecule has 0 unspecified atom stereocenters. The number of rotatable bonds is 1. The van der Waals surface area contributed by atoms with Crippen LogP contribution in [0.1, 0.15) is 10.4 Å². The highest BCUT2D eigenvalue weighted by molar-refractivity contribution is 7.99. The van der Waals surface area contributed by atoms with Crippen LogP contribution in [0.15, 0.2) is 76.5 Å². The molecule has 0 radical (unpaired) electrons. The lowest BCUT2D eigenvalue weighted by Crippen LogP contribution is -2.29. The van der Waals surface area contributed by atoms with Gasteiger partial charge in [0.25, 0.3) is 5.91 Å². The van der Waals surface area contributed by atoms with Crippen LogP contribution in [0.5, 0.6) is 0 Å². The number of hydrogen-bond acceptors (Lipinski definition) is 2. The molecule has 0 spiro atoms. The normalized spacial score (nSPS) is 12.5. The maximum atomic E-state index is 13.3. The Kier molecular flexibility index (Phi) is 4.01. The molecule has 1 amide bonds. The van der Waals surface area contributed by atoms with Gasteiger partial charge in [-0.05, 0) is 36.4 Å². The molecule has 2 nitrogen and oxygen atoms in total. The number of benzene rings is 3. The largest absolute Gasteiger partial charge is 0.275 e. The summed E-state index contributed by atoms with van der Waals surface area (Å²) in [6.07, 6.45) is 0. The first-order chi connectivity index (χ1) is 11.7. The molecule has 1 aliphatic rings. The molecule has 0 bridgehead atoms. The van der Waals surface area contributed by atoms with Crippen LogP contribution < -0.4 is 4.90 Å². The average Bonchev–Trinajstić information content (AvgIpc) is 2.59. The number of nitrogens with zero attached hydrogens (tertiary/aromatic N) is 1. The zero-order chi connectivity index (χ0) is 16.7. The molecular formula is C19H11Cl2NOS. The number of anilines is 2. The number of carbonyl (C=O) groups is 1. The summed E-state index contributed by atoms with van der Waals surface area (Å²) in [5.74, 6) is -0.231. The van der Waals surface area contributed by atoms with Crippen molar-refractivity contribution in [1.29, 1.82) is 0 Å². The van der Waals surface area contributed by atoms with Crippen LogP contribution in [0.3, 0.4) is 0 Å². The van der Waals surface area contributed by atoms with Gasteiger partial charge in [0.1, 0.15) is 0 Å². The Balaban J connectivity index is 1.93. The van der Waals surface area contributed by atoms with Gasteiger partial charge in [0.2, 0.25) is 0 Å². The highest BCUT2D eigenvalue weighted by Crippen LogP contribution is 2.48. The van der Waals surface area contributed by atoms with Gasteiger partial charge in [-0.25, -0.2) is 0 Å². The van der Waals surface area contributed by atoms with Crippen molar-refractivity contribution in [2.45, 2.75) is 9.79 Å². The van der Waals surface area contributed by atoms with Gasteiger partial charge >= 0.3 is 0 Å². The Bertz CT molecular complexity index is 892. The molecule has 0 aliphatic carbocycles. The van der Waals surface area contributed by atoms with Crippen LogP contribution in [-0.2, 0) is 0 Å². The first kappa shape index (κ1) is 15.6. The fourth-order valence-electron chi connectivity index (χ4n) is 2.74. The van der Waals surface area contributed by atoms with Crippen molar-refractivity contribution >= 4 is 52.2 Å². The van der Waals surface area contributed by atoms with Gasteiger partial charge in [0, 0.05) is 9.79 Å². The molecule has 4 rings (SSSR count). The number of carbonyl (C=O) groups excluding carboxylic acids is 1. The molecule has 5 heteroatoms. The lowest BCUT2D eigenvalue weighted by atomic mass is 10.1. The van der Waals surface area contributed by atoms with E-state index in [1.54, 1.807) is 34.9 Å². The third kappa shape index (κ3) is 2.49. The number of halogens is 2. The second kappa shape index (κ2) is 6.17. The molecule has 1 aliphatic heterocycles. The molecule has 0 saturated carbocycles. The summed E-state index contributed by atoms with van der Waals surface area (Å²) in [7, 11) is 0. The lowest BCUT2D eigenvalue weighted by molar-refractivity contribution is 0.0998. The average molecular weight is 372 g/mol. The summed E-state index contributed by atoms with van der Waals surface area (Å²) in [4.78, 5) is 17.0. The minimum atomic E-state index is -0.231. The minimum Gasteiger partial charge on any atom is -0.275 e. The molecule has 24 heavy (non-hydrogen) atoms. The van der Waals surface area contributed by atoms with Crippen molar-refractivity contribution in [3.8, 4) is 0 Å². The monoisotopic (exact) mass is 371 g/mol. The second-order valence-corrected chi connectivity index (χ2v) is 7.17. The van der Waals surface area contributed by atoms with Gasteiger partial charge in [-0.1, -0.05) is 65.3 Å². The maximum Gasteiger partial charge on any atom is 0.265 e. The Labute approximate surface area is 154 Å². The molecule has 0 saturated heterocycles. The summed E-state index contributed by atoms with van der Waals surface area (Å²) in [5, 5.41) is 0.696. The lowest BCUT2D eigenvalue weighted by Gasteiger charge is -2.31. The third-order valence-corrected chi connectivity index (χ3v) is 5.57. The number of hydrogen-bond donors (Lipinski definition) is 0. The number of para-hydroxylation sites is 2. The minimum absolute atomic E-state index is 0.231. The zero-order valence-electron chi connectivity index (χ0n) is 12.4. The van der Waals surface area contributed by atoms with Gasteiger partial charge in [-0.3, -0.25) is 9.69 Å². The highest BCUT2D eigenvalue weighted by Gasteiger charge is 2.30.